The third kappa shape index (κ3) is 6.13. The van der Waals surface area contributed by atoms with Crippen LogP contribution in [0.4, 0.5) is 5.13 Å². The van der Waals surface area contributed by atoms with Crippen LogP contribution in [0.1, 0.15) is 58.9 Å². The molecule has 3 aromatic rings. The molecule has 2 amide bonds. The van der Waals surface area contributed by atoms with E-state index in [0.29, 0.717) is 33.9 Å². The lowest BCUT2D eigenvalue weighted by molar-refractivity contribution is -0.116. The second kappa shape index (κ2) is 10.5. The molecule has 0 bridgehead atoms. The van der Waals surface area contributed by atoms with Crippen LogP contribution in [-0.2, 0) is 4.79 Å². The van der Waals surface area contributed by atoms with Gasteiger partial charge in [-0.05, 0) is 43.9 Å². The van der Waals surface area contributed by atoms with Gasteiger partial charge in [-0.2, -0.15) is 4.98 Å². The number of nitrogens with one attached hydrogen (secondary N) is 2. The van der Waals surface area contributed by atoms with Crippen molar-refractivity contribution in [2.75, 3.05) is 11.9 Å². The molecule has 0 unspecified atom stereocenters. The van der Waals surface area contributed by atoms with Crippen molar-refractivity contribution in [2.24, 2.45) is 5.92 Å². The minimum Gasteiger partial charge on any atom is -0.352 e. The van der Waals surface area contributed by atoms with Gasteiger partial charge in [0, 0.05) is 31.0 Å². The van der Waals surface area contributed by atoms with Crippen molar-refractivity contribution in [1.82, 2.24) is 20.4 Å². The molecule has 2 heterocycles. The predicted molar refractivity (Wildman–Crippen MR) is 128 cm³/mol. The quantitative estimate of drug-likeness (QED) is 0.496. The highest BCUT2D eigenvalue weighted by molar-refractivity contribution is 7.16. The number of nitrogens with zero attached hydrogens (tertiary/aromatic N) is 3. The molecular formula is C24H27N5O3S. The molecule has 1 saturated carbocycles. The van der Waals surface area contributed by atoms with Crippen molar-refractivity contribution in [3.63, 3.8) is 0 Å². The molecular weight excluding hydrogens is 438 g/mol. The van der Waals surface area contributed by atoms with Crippen LogP contribution in [0.5, 0.6) is 0 Å². The van der Waals surface area contributed by atoms with Crippen molar-refractivity contribution in [1.29, 1.82) is 0 Å². The average molecular weight is 466 g/mol. The Balaban J connectivity index is 1.26. The smallest absolute Gasteiger partial charge is 0.251 e. The number of benzene rings is 1. The molecule has 0 atom stereocenters. The van der Waals surface area contributed by atoms with E-state index in [4.69, 9.17) is 4.52 Å². The third-order valence-electron chi connectivity index (χ3n) is 5.55. The van der Waals surface area contributed by atoms with Crippen LogP contribution >= 0.6 is 11.3 Å². The fourth-order valence-corrected chi connectivity index (χ4v) is 4.67. The first kappa shape index (κ1) is 22.8. The molecule has 0 aliphatic heterocycles. The van der Waals surface area contributed by atoms with E-state index in [1.54, 1.807) is 25.1 Å². The highest BCUT2D eigenvalue weighted by Gasteiger charge is 2.14. The van der Waals surface area contributed by atoms with Gasteiger partial charge < -0.3 is 15.2 Å². The van der Waals surface area contributed by atoms with E-state index in [1.807, 2.05) is 13.0 Å². The molecule has 0 saturated heterocycles. The molecule has 1 fully saturated rings. The first-order valence-corrected chi connectivity index (χ1v) is 11.9. The van der Waals surface area contributed by atoms with Crippen LogP contribution in [0.25, 0.3) is 17.5 Å². The topological polar surface area (TPSA) is 110 Å². The Morgan fingerprint density at radius 2 is 2.03 bits per heavy atom. The number of allylic oxidation sites excluding steroid dienone is 1. The Bertz CT molecular complexity index is 1160. The van der Waals surface area contributed by atoms with Gasteiger partial charge in [0.05, 0.1) is 10.6 Å². The van der Waals surface area contributed by atoms with Gasteiger partial charge in [0.15, 0.2) is 5.13 Å². The largest absolute Gasteiger partial charge is 0.352 e. The van der Waals surface area contributed by atoms with Crippen LogP contribution in [0.15, 0.2) is 34.9 Å². The first-order chi connectivity index (χ1) is 16.0. The molecule has 1 aliphatic carbocycles. The maximum atomic E-state index is 12.5. The van der Waals surface area contributed by atoms with Crippen molar-refractivity contribution < 1.29 is 14.1 Å². The molecule has 0 radical (unpaired) electrons. The Morgan fingerprint density at radius 1 is 1.21 bits per heavy atom. The second-order valence-electron chi connectivity index (χ2n) is 8.14. The zero-order chi connectivity index (χ0) is 23.2. The molecule has 8 nitrogen and oxygen atoms in total. The number of hydrogen-bond donors (Lipinski definition) is 2. The van der Waals surface area contributed by atoms with Gasteiger partial charge in [-0.15, -0.1) is 0 Å². The minimum absolute atomic E-state index is 0.154. The van der Waals surface area contributed by atoms with Crippen LogP contribution in [0, 0.1) is 19.8 Å². The summed E-state index contributed by atoms with van der Waals surface area (Å²) in [5, 5.41) is 10.1. The van der Waals surface area contributed by atoms with E-state index in [-0.39, 0.29) is 24.8 Å². The van der Waals surface area contributed by atoms with Gasteiger partial charge in [0.1, 0.15) is 0 Å². The van der Waals surface area contributed by atoms with Crippen LogP contribution in [0.2, 0.25) is 0 Å². The summed E-state index contributed by atoms with van der Waals surface area (Å²) in [7, 11) is 0. The summed E-state index contributed by atoms with van der Waals surface area (Å²) in [6.07, 6.45) is 9.67. The van der Waals surface area contributed by atoms with Gasteiger partial charge in [0.2, 0.25) is 17.6 Å². The number of aryl methyl sites for hydroxylation is 2. The Kier molecular flexibility index (Phi) is 7.29. The number of carbonyl (C=O) groups excluding carboxylic acids is 2. The first-order valence-electron chi connectivity index (χ1n) is 11.1. The summed E-state index contributed by atoms with van der Waals surface area (Å²) < 4.78 is 4.99. The van der Waals surface area contributed by atoms with E-state index in [0.717, 1.165) is 10.6 Å². The van der Waals surface area contributed by atoms with Gasteiger partial charge in [-0.3, -0.25) is 9.59 Å². The summed E-state index contributed by atoms with van der Waals surface area (Å²) >= 11 is 1.47. The molecule has 33 heavy (non-hydrogen) atoms. The Labute approximate surface area is 196 Å². The lowest BCUT2D eigenvalue weighted by atomic mass is 10.1. The number of thiazole rings is 1. The zero-order valence-electron chi connectivity index (χ0n) is 18.8. The molecule has 4 rings (SSSR count). The van der Waals surface area contributed by atoms with E-state index < -0.39 is 0 Å². The summed E-state index contributed by atoms with van der Waals surface area (Å²) in [5.41, 5.74) is 2.06. The normalized spacial score (nSPS) is 14.1. The highest BCUT2D eigenvalue weighted by Crippen LogP contribution is 2.29. The van der Waals surface area contributed by atoms with E-state index in [2.05, 4.69) is 37.9 Å². The zero-order valence-corrected chi connectivity index (χ0v) is 19.6. The number of aromatic nitrogens is 3. The van der Waals surface area contributed by atoms with Crippen LogP contribution in [0.3, 0.4) is 0 Å². The van der Waals surface area contributed by atoms with Crippen molar-refractivity contribution in [3.05, 3.63) is 52.4 Å². The number of amides is 2. The van der Waals surface area contributed by atoms with Gasteiger partial charge in [0.25, 0.3) is 5.91 Å². The van der Waals surface area contributed by atoms with Crippen LogP contribution < -0.4 is 10.6 Å². The highest BCUT2D eigenvalue weighted by atomic mass is 32.1. The number of carbonyl (C=O) groups is 2. The predicted octanol–water partition coefficient (Wildman–Crippen LogP) is 4.77. The molecule has 2 N–H and O–H groups in total. The molecule has 1 aromatic carbocycles. The maximum absolute atomic E-state index is 12.5. The van der Waals surface area contributed by atoms with Crippen molar-refractivity contribution >= 4 is 34.4 Å². The Hall–Kier alpha value is -3.33. The summed E-state index contributed by atoms with van der Waals surface area (Å²) in [4.78, 5) is 34.5. The van der Waals surface area contributed by atoms with Gasteiger partial charge in [-0.25, -0.2) is 4.98 Å². The van der Waals surface area contributed by atoms with E-state index >= 15 is 0 Å². The number of rotatable bonds is 8. The fourth-order valence-electron chi connectivity index (χ4n) is 3.78. The second-order valence-corrected chi connectivity index (χ2v) is 9.17. The maximum Gasteiger partial charge on any atom is 0.251 e. The van der Waals surface area contributed by atoms with E-state index in [9.17, 15) is 9.59 Å². The standard InChI is InChI=1S/C24H27N5O3S/c1-15-20(11-10-17-6-3-4-7-17)33-24(26-15)28-21(30)12-13-25-23(31)19-9-5-8-18(14-19)22-27-16(2)32-29-22/h5,8-11,14,17H,3-4,6-7,12-13H2,1-2H3,(H,25,31)(H,26,28,30)/b11-10+. The van der Waals surface area contributed by atoms with Gasteiger partial charge >= 0.3 is 0 Å². The molecule has 172 valence electrons. The van der Waals surface area contributed by atoms with E-state index in [1.165, 1.54) is 37.0 Å². The average Bonchev–Trinajstić information content (AvgIpc) is 3.54. The summed E-state index contributed by atoms with van der Waals surface area (Å²) in [6, 6.07) is 6.96. The fraction of sp³-hybridized carbons (Fsp3) is 0.375. The third-order valence-corrected chi connectivity index (χ3v) is 6.58. The molecule has 1 aliphatic rings. The lowest BCUT2D eigenvalue weighted by Gasteiger charge is -2.06. The van der Waals surface area contributed by atoms with Crippen LogP contribution in [-0.4, -0.2) is 33.5 Å². The molecule has 9 heteroatoms. The molecule has 2 aromatic heterocycles. The van der Waals surface area contributed by atoms with Gasteiger partial charge in [-0.1, -0.05) is 47.5 Å². The minimum atomic E-state index is -0.269. The van der Waals surface area contributed by atoms with Crippen molar-refractivity contribution in [2.45, 2.75) is 46.0 Å². The number of hydrogen-bond acceptors (Lipinski definition) is 7. The SMILES string of the molecule is Cc1nc(-c2cccc(C(=O)NCCC(=O)Nc3nc(C)c(/C=C/C4CCCC4)s3)c2)no1. The summed E-state index contributed by atoms with van der Waals surface area (Å²) in [5.74, 6) is 1.09. The number of anilines is 1. The van der Waals surface area contributed by atoms with Crippen molar-refractivity contribution in [3.8, 4) is 11.4 Å². The Morgan fingerprint density at radius 3 is 2.79 bits per heavy atom. The lowest BCUT2D eigenvalue weighted by Crippen LogP contribution is -2.27. The monoisotopic (exact) mass is 465 g/mol. The molecule has 0 spiro atoms. The summed E-state index contributed by atoms with van der Waals surface area (Å²) in [6.45, 7) is 3.87.